The minimum absolute atomic E-state index is 0.213. The van der Waals surface area contributed by atoms with Crippen LogP contribution in [0.25, 0.3) is 0 Å². The summed E-state index contributed by atoms with van der Waals surface area (Å²) in [5.41, 5.74) is 1.21. The number of nitrogens with zero attached hydrogens (tertiary/aromatic N) is 1. The third-order valence-electron chi connectivity index (χ3n) is 4.38. The molecule has 1 N–H and O–H groups in total. The summed E-state index contributed by atoms with van der Waals surface area (Å²) in [6.45, 7) is 1.09. The lowest BCUT2D eigenvalue weighted by Crippen LogP contribution is -2.27. The number of ether oxygens (including phenoxy) is 1. The second-order valence-electron chi connectivity index (χ2n) is 6.16. The van der Waals surface area contributed by atoms with Crippen molar-refractivity contribution in [2.45, 2.75) is 17.7 Å². The molecule has 0 aromatic heterocycles. The van der Waals surface area contributed by atoms with Gasteiger partial charge in [0, 0.05) is 24.3 Å². The maximum absolute atomic E-state index is 12.5. The van der Waals surface area contributed by atoms with Crippen LogP contribution in [0, 0.1) is 0 Å². The molecule has 2 aromatic carbocycles. The molecule has 2 aromatic rings. The number of nitrogens with one attached hydrogen (secondary N) is 1. The van der Waals surface area contributed by atoms with E-state index in [1.807, 2.05) is 0 Å². The maximum atomic E-state index is 12.5. The number of esters is 1. The molecule has 8 heteroatoms. The maximum Gasteiger partial charge on any atom is 0.337 e. The fraction of sp³-hybridized carbons (Fsp3) is 0.263. The van der Waals surface area contributed by atoms with Gasteiger partial charge in [0.2, 0.25) is 10.0 Å². The zero-order chi connectivity index (χ0) is 19.4. The van der Waals surface area contributed by atoms with Crippen LogP contribution in [-0.2, 0) is 14.8 Å². The summed E-state index contributed by atoms with van der Waals surface area (Å²) in [6.07, 6.45) is 1.75. The molecule has 0 unspecified atom stereocenters. The van der Waals surface area contributed by atoms with Gasteiger partial charge in [-0.2, -0.15) is 4.31 Å². The molecule has 1 aliphatic rings. The van der Waals surface area contributed by atoms with Crippen LogP contribution in [-0.4, -0.2) is 44.8 Å². The normalized spacial score (nSPS) is 14.7. The van der Waals surface area contributed by atoms with Gasteiger partial charge in [-0.05, 0) is 61.4 Å². The first-order valence-corrected chi connectivity index (χ1v) is 9.96. The van der Waals surface area contributed by atoms with Crippen molar-refractivity contribution in [3.05, 3.63) is 59.7 Å². The molecule has 0 radical (unpaired) electrons. The van der Waals surface area contributed by atoms with Crippen LogP contribution < -0.4 is 5.32 Å². The van der Waals surface area contributed by atoms with Crippen molar-refractivity contribution in [2.24, 2.45) is 0 Å². The lowest BCUT2D eigenvalue weighted by atomic mass is 10.1. The highest BCUT2D eigenvalue weighted by atomic mass is 32.2. The molecule has 1 heterocycles. The number of benzene rings is 2. The Bertz CT molecular complexity index is 931. The lowest BCUT2D eigenvalue weighted by molar-refractivity contribution is 0.0600. The Labute approximate surface area is 158 Å². The molecule has 27 heavy (non-hydrogen) atoms. The van der Waals surface area contributed by atoms with Crippen LogP contribution in [0.15, 0.2) is 53.4 Å². The quantitative estimate of drug-likeness (QED) is 0.795. The average Bonchev–Trinajstić information content (AvgIpc) is 3.23. The highest BCUT2D eigenvalue weighted by Gasteiger charge is 2.26. The van der Waals surface area contributed by atoms with E-state index < -0.39 is 16.0 Å². The Morgan fingerprint density at radius 3 is 2.04 bits per heavy atom. The van der Waals surface area contributed by atoms with Gasteiger partial charge in [0.1, 0.15) is 0 Å². The van der Waals surface area contributed by atoms with Crippen molar-refractivity contribution in [1.29, 1.82) is 0 Å². The van der Waals surface area contributed by atoms with Gasteiger partial charge in [0.05, 0.1) is 17.6 Å². The number of rotatable bonds is 5. The predicted octanol–water partition coefficient (Wildman–Crippen LogP) is 2.51. The molecule has 7 nitrogen and oxygen atoms in total. The van der Waals surface area contributed by atoms with Gasteiger partial charge in [-0.25, -0.2) is 13.2 Å². The summed E-state index contributed by atoms with van der Waals surface area (Å²) in [5, 5.41) is 2.71. The third kappa shape index (κ3) is 4.17. The van der Waals surface area contributed by atoms with Gasteiger partial charge in [0.15, 0.2) is 0 Å². The highest BCUT2D eigenvalue weighted by molar-refractivity contribution is 7.89. The number of hydrogen-bond acceptors (Lipinski definition) is 5. The zero-order valence-electron chi connectivity index (χ0n) is 14.8. The Morgan fingerprint density at radius 1 is 0.926 bits per heavy atom. The fourth-order valence-corrected chi connectivity index (χ4v) is 4.38. The summed E-state index contributed by atoms with van der Waals surface area (Å²) in [7, 11) is -2.19. The van der Waals surface area contributed by atoms with E-state index in [4.69, 9.17) is 0 Å². The first-order chi connectivity index (χ1) is 12.9. The van der Waals surface area contributed by atoms with Gasteiger partial charge < -0.3 is 10.1 Å². The van der Waals surface area contributed by atoms with Gasteiger partial charge in [-0.1, -0.05) is 0 Å². The molecule has 0 aliphatic carbocycles. The topological polar surface area (TPSA) is 92.8 Å². The number of anilines is 1. The van der Waals surface area contributed by atoms with Gasteiger partial charge >= 0.3 is 5.97 Å². The van der Waals surface area contributed by atoms with E-state index in [-0.39, 0.29) is 10.8 Å². The van der Waals surface area contributed by atoms with Gasteiger partial charge in [0.25, 0.3) is 5.91 Å². The second kappa shape index (κ2) is 7.89. The van der Waals surface area contributed by atoms with E-state index in [0.717, 1.165) is 12.8 Å². The highest BCUT2D eigenvalue weighted by Crippen LogP contribution is 2.22. The number of methoxy groups -OCH3 is 1. The number of carbonyl (C=O) groups is 2. The number of carbonyl (C=O) groups excluding carboxylic acids is 2. The van der Waals surface area contributed by atoms with Crippen molar-refractivity contribution in [2.75, 3.05) is 25.5 Å². The molecular formula is C19H20N2O5S. The van der Waals surface area contributed by atoms with Crippen LogP contribution in [0.3, 0.4) is 0 Å². The van der Waals surface area contributed by atoms with E-state index in [9.17, 15) is 18.0 Å². The van der Waals surface area contributed by atoms with Gasteiger partial charge in [-0.15, -0.1) is 0 Å². The zero-order valence-corrected chi connectivity index (χ0v) is 15.7. The Balaban J connectivity index is 1.69. The fourth-order valence-electron chi connectivity index (χ4n) is 2.87. The Kier molecular flexibility index (Phi) is 5.57. The molecule has 1 saturated heterocycles. The summed E-state index contributed by atoms with van der Waals surface area (Å²) in [6, 6.07) is 12.2. The Morgan fingerprint density at radius 2 is 1.48 bits per heavy atom. The predicted molar refractivity (Wildman–Crippen MR) is 100 cm³/mol. The number of hydrogen-bond donors (Lipinski definition) is 1. The largest absolute Gasteiger partial charge is 0.465 e. The Hall–Kier alpha value is -2.71. The van der Waals surface area contributed by atoms with Crippen molar-refractivity contribution in [1.82, 2.24) is 4.31 Å². The first-order valence-electron chi connectivity index (χ1n) is 8.52. The van der Waals surface area contributed by atoms with Crippen molar-refractivity contribution < 1.29 is 22.7 Å². The molecule has 0 saturated carbocycles. The number of sulfonamides is 1. The summed E-state index contributed by atoms with van der Waals surface area (Å²) in [5.74, 6) is -0.835. The SMILES string of the molecule is COC(=O)c1ccc(C(=O)Nc2ccc(S(=O)(=O)N3CCCC3)cc2)cc1. The first kappa shape index (κ1) is 19.1. The van der Waals surface area contributed by atoms with Crippen molar-refractivity contribution in [3.8, 4) is 0 Å². The minimum atomic E-state index is -3.47. The summed E-state index contributed by atoms with van der Waals surface area (Å²) >= 11 is 0. The summed E-state index contributed by atoms with van der Waals surface area (Å²) < 4.78 is 31.1. The molecule has 0 bridgehead atoms. The van der Waals surface area contributed by atoms with E-state index in [1.165, 1.54) is 47.8 Å². The standard InChI is InChI=1S/C19H20N2O5S/c1-26-19(23)15-6-4-14(5-7-15)18(22)20-16-8-10-17(11-9-16)27(24,25)21-12-2-3-13-21/h4-11H,2-3,12-13H2,1H3,(H,20,22). The molecule has 0 atom stereocenters. The van der Waals surface area contributed by atoms with E-state index in [0.29, 0.717) is 29.9 Å². The molecule has 142 valence electrons. The average molecular weight is 388 g/mol. The molecule has 1 fully saturated rings. The molecule has 1 amide bonds. The van der Waals surface area contributed by atoms with E-state index >= 15 is 0 Å². The van der Waals surface area contributed by atoms with Crippen LogP contribution in [0.2, 0.25) is 0 Å². The molecule has 1 aliphatic heterocycles. The van der Waals surface area contributed by atoms with E-state index in [2.05, 4.69) is 10.1 Å². The lowest BCUT2D eigenvalue weighted by Gasteiger charge is -2.15. The molecule has 0 spiro atoms. The number of amides is 1. The van der Waals surface area contributed by atoms with Crippen LogP contribution in [0.5, 0.6) is 0 Å². The monoisotopic (exact) mass is 388 g/mol. The van der Waals surface area contributed by atoms with Crippen LogP contribution in [0.4, 0.5) is 5.69 Å². The van der Waals surface area contributed by atoms with Crippen molar-refractivity contribution in [3.63, 3.8) is 0 Å². The second-order valence-corrected chi connectivity index (χ2v) is 8.10. The smallest absolute Gasteiger partial charge is 0.337 e. The third-order valence-corrected chi connectivity index (χ3v) is 6.30. The van der Waals surface area contributed by atoms with Gasteiger partial charge in [-0.3, -0.25) is 4.79 Å². The molecule has 3 rings (SSSR count). The van der Waals surface area contributed by atoms with Crippen LogP contribution in [0.1, 0.15) is 33.6 Å². The van der Waals surface area contributed by atoms with Crippen LogP contribution >= 0.6 is 0 Å². The molecular weight excluding hydrogens is 368 g/mol. The van der Waals surface area contributed by atoms with Crippen molar-refractivity contribution >= 4 is 27.6 Å². The summed E-state index contributed by atoms with van der Waals surface area (Å²) in [4.78, 5) is 23.9. The minimum Gasteiger partial charge on any atom is -0.465 e. The van der Waals surface area contributed by atoms with E-state index in [1.54, 1.807) is 12.1 Å².